The quantitative estimate of drug-likeness (QED) is 0.565. The molecule has 4 rings (SSSR count). The third-order valence-electron chi connectivity index (χ3n) is 4.25. The van der Waals surface area contributed by atoms with Crippen LogP contribution in [0.1, 0.15) is 24.0 Å². The molecule has 4 heteroatoms. The molecule has 24 heavy (non-hydrogen) atoms. The van der Waals surface area contributed by atoms with E-state index < -0.39 is 0 Å². The van der Waals surface area contributed by atoms with E-state index in [4.69, 9.17) is 0 Å². The molecule has 0 bridgehead atoms. The van der Waals surface area contributed by atoms with Gasteiger partial charge in [0.1, 0.15) is 0 Å². The Morgan fingerprint density at radius 2 is 1.08 bits per heavy atom. The lowest BCUT2D eigenvalue weighted by Gasteiger charge is -2.06. The minimum Gasteiger partial charge on any atom is -0.241 e. The van der Waals surface area contributed by atoms with Crippen molar-refractivity contribution in [3.63, 3.8) is 0 Å². The smallest absolute Gasteiger partial charge is 0.0645 e. The monoisotopic (exact) mass is 314 g/mol. The summed E-state index contributed by atoms with van der Waals surface area (Å²) < 4.78 is 3.82. The van der Waals surface area contributed by atoms with Crippen LogP contribution >= 0.6 is 0 Å². The van der Waals surface area contributed by atoms with Gasteiger partial charge in [0.25, 0.3) is 0 Å². The first-order chi connectivity index (χ1) is 11.8. The number of para-hydroxylation sites is 2. The number of rotatable bonds is 4. The third-order valence-corrected chi connectivity index (χ3v) is 4.25. The lowest BCUT2D eigenvalue weighted by Crippen LogP contribution is -1.95. The highest BCUT2D eigenvalue weighted by atomic mass is 15.3. The van der Waals surface area contributed by atoms with Crippen LogP contribution in [-0.4, -0.2) is 19.6 Å². The summed E-state index contributed by atoms with van der Waals surface area (Å²) in [6, 6.07) is 20.3. The zero-order chi connectivity index (χ0) is 16.4. The molecule has 2 aromatic heterocycles. The van der Waals surface area contributed by atoms with Crippen molar-refractivity contribution in [1.29, 1.82) is 0 Å². The highest BCUT2D eigenvalue weighted by Crippen LogP contribution is 2.24. The Kier molecular flexibility index (Phi) is 3.71. The van der Waals surface area contributed by atoms with Gasteiger partial charge in [0.15, 0.2) is 0 Å². The molecule has 0 amide bonds. The topological polar surface area (TPSA) is 35.6 Å². The predicted molar refractivity (Wildman–Crippen MR) is 94.6 cm³/mol. The van der Waals surface area contributed by atoms with Gasteiger partial charge in [-0.3, -0.25) is 0 Å². The Morgan fingerprint density at radius 1 is 0.667 bits per heavy atom. The van der Waals surface area contributed by atoms with Gasteiger partial charge in [0, 0.05) is 18.3 Å². The van der Waals surface area contributed by atoms with E-state index in [0.717, 1.165) is 11.4 Å². The second-order valence-corrected chi connectivity index (χ2v) is 5.83. The predicted octanol–water partition coefficient (Wildman–Crippen LogP) is 4.21. The SMILES string of the molecule is CC(c1cnn(-c2ccccc2)c1)c1cnn(-c2ccccc2)c1. The fourth-order valence-electron chi connectivity index (χ4n) is 2.76. The van der Waals surface area contributed by atoms with Gasteiger partial charge in [0.2, 0.25) is 0 Å². The molecule has 0 saturated carbocycles. The molecule has 118 valence electrons. The van der Waals surface area contributed by atoms with Crippen molar-refractivity contribution in [2.24, 2.45) is 0 Å². The van der Waals surface area contributed by atoms with Crippen LogP contribution < -0.4 is 0 Å². The lowest BCUT2D eigenvalue weighted by atomic mass is 9.99. The van der Waals surface area contributed by atoms with Gasteiger partial charge in [-0.25, -0.2) is 9.36 Å². The summed E-state index contributed by atoms with van der Waals surface area (Å²) in [5, 5.41) is 8.97. The minimum absolute atomic E-state index is 0.236. The molecule has 0 aliphatic heterocycles. The molecule has 0 fully saturated rings. The van der Waals surface area contributed by atoms with Crippen molar-refractivity contribution >= 4 is 0 Å². The summed E-state index contributed by atoms with van der Waals surface area (Å²) in [7, 11) is 0. The number of benzene rings is 2. The van der Waals surface area contributed by atoms with Gasteiger partial charge in [-0.15, -0.1) is 0 Å². The molecular formula is C20H18N4. The van der Waals surface area contributed by atoms with Gasteiger partial charge < -0.3 is 0 Å². The molecule has 4 nitrogen and oxygen atoms in total. The Balaban J connectivity index is 1.60. The molecule has 0 N–H and O–H groups in total. The van der Waals surface area contributed by atoms with Gasteiger partial charge in [-0.05, 0) is 35.4 Å². The average molecular weight is 314 g/mol. The van der Waals surface area contributed by atoms with Crippen molar-refractivity contribution in [3.8, 4) is 11.4 Å². The first-order valence-corrected chi connectivity index (χ1v) is 8.01. The van der Waals surface area contributed by atoms with Crippen molar-refractivity contribution < 1.29 is 0 Å². The molecule has 2 aromatic carbocycles. The van der Waals surface area contributed by atoms with E-state index in [-0.39, 0.29) is 5.92 Å². The van der Waals surface area contributed by atoms with Crippen LogP contribution in [0.5, 0.6) is 0 Å². The molecule has 0 saturated heterocycles. The van der Waals surface area contributed by atoms with Crippen LogP contribution in [0.25, 0.3) is 11.4 Å². The van der Waals surface area contributed by atoms with Gasteiger partial charge in [0.05, 0.1) is 23.8 Å². The van der Waals surface area contributed by atoms with E-state index >= 15 is 0 Å². The van der Waals surface area contributed by atoms with Crippen LogP contribution in [0.2, 0.25) is 0 Å². The maximum Gasteiger partial charge on any atom is 0.0645 e. The van der Waals surface area contributed by atoms with E-state index in [0.29, 0.717) is 0 Å². The average Bonchev–Trinajstić information content (AvgIpc) is 3.33. The molecule has 2 heterocycles. The molecule has 0 radical (unpaired) electrons. The third kappa shape index (κ3) is 2.74. The molecule has 0 aliphatic carbocycles. The van der Waals surface area contributed by atoms with E-state index in [1.165, 1.54) is 11.1 Å². The molecule has 0 spiro atoms. The summed E-state index contributed by atoms with van der Waals surface area (Å²) in [6.45, 7) is 2.18. The zero-order valence-electron chi connectivity index (χ0n) is 13.4. The zero-order valence-corrected chi connectivity index (χ0v) is 13.4. The fourth-order valence-corrected chi connectivity index (χ4v) is 2.76. The van der Waals surface area contributed by atoms with Crippen LogP contribution in [0.15, 0.2) is 85.5 Å². The van der Waals surface area contributed by atoms with Crippen LogP contribution in [0.4, 0.5) is 0 Å². The van der Waals surface area contributed by atoms with Crippen LogP contribution in [-0.2, 0) is 0 Å². The first kappa shape index (κ1) is 14.5. The molecule has 0 aliphatic rings. The molecular weight excluding hydrogens is 296 g/mol. The highest BCUT2D eigenvalue weighted by molar-refractivity contribution is 5.35. The summed E-state index contributed by atoms with van der Waals surface area (Å²) in [4.78, 5) is 0. The van der Waals surface area contributed by atoms with Gasteiger partial charge in [-0.1, -0.05) is 43.3 Å². The number of nitrogens with zero attached hydrogens (tertiary/aromatic N) is 4. The summed E-state index contributed by atoms with van der Waals surface area (Å²) in [6.07, 6.45) is 8.02. The Labute approximate surface area is 141 Å². The second kappa shape index (κ2) is 6.16. The summed E-state index contributed by atoms with van der Waals surface area (Å²) >= 11 is 0. The van der Waals surface area contributed by atoms with E-state index in [1.54, 1.807) is 0 Å². The van der Waals surface area contributed by atoms with E-state index in [2.05, 4.69) is 53.8 Å². The van der Waals surface area contributed by atoms with Crippen LogP contribution in [0, 0.1) is 0 Å². The van der Waals surface area contributed by atoms with Crippen molar-refractivity contribution in [2.75, 3.05) is 0 Å². The second-order valence-electron chi connectivity index (χ2n) is 5.83. The fraction of sp³-hybridized carbons (Fsp3) is 0.100. The normalized spacial score (nSPS) is 11.1. The van der Waals surface area contributed by atoms with Crippen LogP contribution in [0.3, 0.4) is 0 Å². The van der Waals surface area contributed by atoms with Gasteiger partial charge >= 0.3 is 0 Å². The number of hydrogen-bond acceptors (Lipinski definition) is 2. The Morgan fingerprint density at radius 3 is 1.50 bits per heavy atom. The van der Waals surface area contributed by atoms with Crippen molar-refractivity contribution in [3.05, 3.63) is 96.6 Å². The maximum atomic E-state index is 4.49. The first-order valence-electron chi connectivity index (χ1n) is 8.01. The van der Waals surface area contributed by atoms with Gasteiger partial charge in [-0.2, -0.15) is 10.2 Å². The van der Waals surface area contributed by atoms with Crippen molar-refractivity contribution in [1.82, 2.24) is 19.6 Å². The molecule has 4 aromatic rings. The largest absolute Gasteiger partial charge is 0.241 e. The summed E-state index contributed by atoms with van der Waals surface area (Å²) in [5.74, 6) is 0.236. The highest BCUT2D eigenvalue weighted by Gasteiger charge is 2.13. The Bertz CT molecular complexity index is 845. The molecule has 0 atom stereocenters. The van der Waals surface area contributed by atoms with E-state index in [9.17, 15) is 0 Å². The number of aromatic nitrogens is 4. The Hall–Kier alpha value is -3.14. The number of hydrogen-bond donors (Lipinski definition) is 0. The lowest BCUT2D eigenvalue weighted by molar-refractivity contribution is 0.872. The van der Waals surface area contributed by atoms with E-state index in [1.807, 2.05) is 58.2 Å². The standard InChI is InChI=1S/C20H18N4/c1-16(17-12-21-23(14-17)19-8-4-2-5-9-19)18-13-22-24(15-18)20-10-6-3-7-11-20/h2-16H,1H3. The van der Waals surface area contributed by atoms with Crippen molar-refractivity contribution in [2.45, 2.75) is 12.8 Å². The maximum absolute atomic E-state index is 4.49. The molecule has 0 unspecified atom stereocenters. The minimum atomic E-state index is 0.236. The summed E-state index contributed by atoms with van der Waals surface area (Å²) in [5.41, 5.74) is 4.48.